The van der Waals surface area contributed by atoms with Crippen LogP contribution < -0.4 is 0 Å². The highest BCUT2D eigenvalue weighted by Crippen LogP contribution is 2.26. The molecule has 1 aromatic heterocycles. The Labute approximate surface area is 136 Å². The van der Waals surface area contributed by atoms with Crippen molar-refractivity contribution in [2.75, 3.05) is 0 Å². The van der Waals surface area contributed by atoms with Gasteiger partial charge >= 0.3 is 0 Å². The van der Waals surface area contributed by atoms with Gasteiger partial charge in [0.15, 0.2) is 5.78 Å². The number of nitrogens with zero attached hydrogens (tertiary/aromatic N) is 2. The first-order valence-corrected chi connectivity index (χ1v) is 8.15. The third-order valence-corrected chi connectivity index (χ3v) is 4.33. The van der Waals surface area contributed by atoms with E-state index in [1.54, 1.807) is 25.1 Å². The molecule has 0 aliphatic heterocycles. The van der Waals surface area contributed by atoms with Gasteiger partial charge in [-0.15, -0.1) is 0 Å². The Morgan fingerprint density at radius 3 is 2.30 bits per heavy atom. The number of carbonyl (C=O) groups excluding carboxylic acids is 2. The van der Waals surface area contributed by atoms with Crippen LogP contribution in [0.15, 0.2) is 36.4 Å². The second-order valence-corrected chi connectivity index (χ2v) is 6.08. The molecule has 23 heavy (non-hydrogen) atoms. The largest absolute Gasteiger partial charge is 0.292 e. The summed E-state index contributed by atoms with van der Waals surface area (Å²) in [5.74, 6) is 0.384. The predicted octanol–water partition coefficient (Wildman–Crippen LogP) is 3.78. The third-order valence-electron chi connectivity index (χ3n) is 4.33. The Kier molecular flexibility index (Phi) is 4.60. The van der Waals surface area contributed by atoms with Crippen LogP contribution in [-0.4, -0.2) is 21.5 Å². The molecule has 0 unspecified atom stereocenters. The van der Waals surface area contributed by atoms with E-state index in [0.717, 1.165) is 25.7 Å². The molecule has 0 bridgehead atoms. The van der Waals surface area contributed by atoms with Crippen molar-refractivity contribution in [2.45, 2.75) is 39.0 Å². The first-order valence-electron chi connectivity index (χ1n) is 8.15. The number of carbonyl (C=O) groups is 2. The van der Waals surface area contributed by atoms with Gasteiger partial charge in [-0.2, -0.15) is 0 Å². The summed E-state index contributed by atoms with van der Waals surface area (Å²) in [6, 6.07) is 10.6. The number of hydrogen-bond acceptors (Lipinski definition) is 4. The lowest BCUT2D eigenvalue weighted by atomic mass is 9.85. The monoisotopic (exact) mass is 308 g/mol. The number of Topliss-reactive ketones (excluding diaryl/α,β-unsaturated/α-hetero) is 1. The minimum absolute atomic E-state index is 0.0396. The van der Waals surface area contributed by atoms with E-state index in [-0.39, 0.29) is 17.5 Å². The van der Waals surface area contributed by atoms with Crippen LogP contribution in [0.25, 0.3) is 0 Å². The summed E-state index contributed by atoms with van der Waals surface area (Å²) in [6.45, 7) is 1.72. The predicted molar refractivity (Wildman–Crippen MR) is 87.5 cm³/mol. The fourth-order valence-electron chi connectivity index (χ4n) is 3.12. The van der Waals surface area contributed by atoms with Crippen LogP contribution in [0.2, 0.25) is 0 Å². The lowest BCUT2D eigenvalue weighted by Gasteiger charge is -2.20. The van der Waals surface area contributed by atoms with Crippen LogP contribution in [0, 0.1) is 12.8 Å². The number of benzene rings is 1. The summed E-state index contributed by atoms with van der Waals surface area (Å²) in [5.41, 5.74) is 1.24. The highest BCUT2D eigenvalue weighted by atomic mass is 16.1. The van der Waals surface area contributed by atoms with E-state index in [1.165, 1.54) is 6.42 Å². The van der Waals surface area contributed by atoms with Crippen LogP contribution in [0.1, 0.15) is 64.5 Å². The van der Waals surface area contributed by atoms with Crippen molar-refractivity contribution in [1.82, 2.24) is 9.97 Å². The van der Waals surface area contributed by atoms with Crippen LogP contribution in [0.5, 0.6) is 0 Å². The second-order valence-electron chi connectivity index (χ2n) is 6.08. The summed E-state index contributed by atoms with van der Waals surface area (Å²) in [4.78, 5) is 33.7. The normalized spacial score (nSPS) is 15.3. The summed E-state index contributed by atoms with van der Waals surface area (Å²) < 4.78 is 0. The SMILES string of the molecule is Cc1nc(C(=O)c2ccccc2)cc(C(=O)C2CCCCC2)n1. The summed E-state index contributed by atoms with van der Waals surface area (Å²) in [7, 11) is 0. The molecule has 0 atom stereocenters. The molecule has 2 aromatic rings. The average Bonchev–Trinajstić information content (AvgIpc) is 2.61. The average molecular weight is 308 g/mol. The maximum Gasteiger partial charge on any atom is 0.211 e. The van der Waals surface area contributed by atoms with Crippen LogP contribution in [0.3, 0.4) is 0 Å². The van der Waals surface area contributed by atoms with Crippen molar-refractivity contribution in [3.8, 4) is 0 Å². The Bertz CT molecular complexity index is 719. The number of hydrogen-bond donors (Lipinski definition) is 0. The zero-order valence-electron chi connectivity index (χ0n) is 13.3. The first-order chi connectivity index (χ1) is 11.1. The van der Waals surface area contributed by atoms with Crippen molar-refractivity contribution in [1.29, 1.82) is 0 Å². The van der Waals surface area contributed by atoms with Crippen molar-refractivity contribution in [3.05, 3.63) is 59.2 Å². The molecule has 4 heteroatoms. The Morgan fingerprint density at radius 2 is 1.61 bits per heavy atom. The van der Waals surface area contributed by atoms with Crippen LogP contribution in [-0.2, 0) is 0 Å². The molecule has 1 aliphatic rings. The molecule has 4 nitrogen and oxygen atoms in total. The van der Waals surface area contributed by atoms with E-state index in [1.807, 2.05) is 18.2 Å². The van der Waals surface area contributed by atoms with Gasteiger partial charge in [0.05, 0.1) is 0 Å². The number of rotatable bonds is 4. The van der Waals surface area contributed by atoms with E-state index in [4.69, 9.17) is 0 Å². The Hall–Kier alpha value is -2.36. The van der Waals surface area contributed by atoms with Gasteiger partial charge in [-0.05, 0) is 25.8 Å². The number of aromatic nitrogens is 2. The quantitative estimate of drug-likeness (QED) is 0.806. The van der Waals surface area contributed by atoms with Gasteiger partial charge in [-0.25, -0.2) is 9.97 Å². The smallest absolute Gasteiger partial charge is 0.211 e. The molecule has 0 amide bonds. The minimum Gasteiger partial charge on any atom is -0.292 e. The summed E-state index contributed by atoms with van der Waals surface area (Å²) in [5, 5.41) is 0. The second kappa shape index (κ2) is 6.82. The van der Waals surface area contributed by atoms with E-state index < -0.39 is 0 Å². The van der Waals surface area contributed by atoms with Crippen molar-refractivity contribution >= 4 is 11.6 Å². The van der Waals surface area contributed by atoms with E-state index in [2.05, 4.69) is 9.97 Å². The molecule has 1 aromatic carbocycles. The van der Waals surface area contributed by atoms with Gasteiger partial charge < -0.3 is 0 Å². The van der Waals surface area contributed by atoms with Gasteiger partial charge in [0.2, 0.25) is 5.78 Å². The highest BCUT2D eigenvalue weighted by Gasteiger charge is 2.25. The van der Waals surface area contributed by atoms with Crippen LogP contribution >= 0.6 is 0 Å². The first kappa shape index (κ1) is 15.5. The summed E-state index contributed by atoms with van der Waals surface area (Å²) in [6.07, 6.45) is 5.23. The number of ketones is 2. The van der Waals surface area contributed by atoms with E-state index in [0.29, 0.717) is 22.8 Å². The maximum absolute atomic E-state index is 12.7. The topological polar surface area (TPSA) is 59.9 Å². The molecule has 0 saturated heterocycles. The third kappa shape index (κ3) is 3.52. The lowest BCUT2D eigenvalue weighted by Crippen LogP contribution is -2.20. The molecule has 0 spiro atoms. The van der Waals surface area contributed by atoms with E-state index in [9.17, 15) is 9.59 Å². The lowest BCUT2D eigenvalue weighted by molar-refractivity contribution is 0.0884. The molecule has 1 fully saturated rings. The van der Waals surface area contributed by atoms with Gasteiger partial charge in [0.1, 0.15) is 17.2 Å². The standard InChI is InChI=1S/C19H20N2O2/c1-13-20-16(18(22)14-8-4-2-5-9-14)12-17(21-13)19(23)15-10-6-3-7-11-15/h2,4-5,8-9,12,15H,3,6-7,10-11H2,1H3. The number of aryl methyl sites for hydroxylation is 1. The Morgan fingerprint density at radius 1 is 0.957 bits per heavy atom. The fraction of sp³-hybridized carbons (Fsp3) is 0.368. The molecule has 3 rings (SSSR count). The molecule has 0 N–H and O–H groups in total. The van der Waals surface area contributed by atoms with Gasteiger partial charge in [-0.1, -0.05) is 49.6 Å². The molecule has 1 aliphatic carbocycles. The zero-order chi connectivity index (χ0) is 16.2. The molecular weight excluding hydrogens is 288 g/mol. The molecule has 118 valence electrons. The summed E-state index contributed by atoms with van der Waals surface area (Å²) >= 11 is 0. The zero-order valence-corrected chi connectivity index (χ0v) is 13.3. The fourth-order valence-corrected chi connectivity index (χ4v) is 3.12. The Balaban J connectivity index is 1.90. The van der Waals surface area contributed by atoms with Gasteiger partial charge in [-0.3, -0.25) is 9.59 Å². The van der Waals surface area contributed by atoms with E-state index >= 15 is 0 Å². The van der Waals surface area contributed by atoms with Gasteiger partial charge in [0, 0.05) is 11.5 Å². The molecule has 0 radical (unpaired) electrons. The maximum atomic E-state index is 12.7. The van der Waals surface area contributed by atoms with Crippen molar-refractivity contribution in [2.24, 2.45) is 5.92 Å². The molecular formula is C19H20N2O2. The molecule has 1 saturated carbocycles. The van der Waals surface area contributed by atoms with Crippen LogP contribution in [0.4, 0.5) is 0 Å². The minimum atomic E-state index is -0.172. The van der Waals surface area contributed by atoms with Crippen molar-refractivity contribution in [3.63, 3.8) is 0 Å². The highest BCUT2D eigenvalue weighted by molar-refractivity contribution is 6.08. The van der Waals surface area contributed by atoms with Crippen molar-refractivity contribution < 1.29 is 9.59 Å². The molecule has 1 heterocycles. The van der Waals surface area contributed by atoms with Gasteiger partial charge in [0.25, 0.3) is 0 Å².